The molecule has 0 amide bonds. The first kappa shape index (κ1) is 14.8. The van der Waals surface area contributed by atoms with Crippen molar-refractivity contribution in [1.82, 2.24) is 4.98 Å². The van der Waals surface area contributed by atoms with Gasteiger partial charge in [0.25, 0.3) is 0 Å². The van der Waals surface area contributed by atoms with E-state index in [4.69, 9.17) is 5.11 Å². The molecule has 2 rings (SSSR count). The van der Waals surface area contributed by atoms with Gasteiger partial charge in [0.15, 0.2) is 0 Å². The monoisotopic (exact) mass is 305 g/mol. The van der Waals surface area contributed by atoms with E-state index in [1.807, 2.05) is 35.4 Å². The molecule has 0 atom stereocenters. The highest BCUT2D eigenvalue weighted by Crippen LogP contribution is 2.26. The Hall–Kier alpha value is -1.59. The lowest BCUT2D eigenvalue weighted by Gasteiger charge is -2.02. The van der Waals surface area contributed by atoms with Crippen LogP contribution in [0, 0.1) is 0 Å². The van der Waals surface area contributed by atoms with Crippen molar-refractivity contribution in [2.24, 2.45) is 0 Å². The van der Waals surface area contributed by atoms with Gasteiger partial charge in [-0.3, -0.25) is 4.79 Å². The number of carboxylic acid groups (broad SMARTS) is 1. The number of hydrogen-bond acceptors (Lipinski definition) is 4. The van der Waals surface area contributed by atoms with Crippen LogP contribution in [0.2, 0.25) is 0 Å². The van der Waals surface area contributed by atoms with Crippen LogP contribution in [0.15, 0.2) is 42.3 Å². The van der Waals surface area contributed by atoms with E-state index in [-0.39, 0.29) is 6.42 Å². The van der Waals surface area contributed by atoms with Gasteiger partial charge in [0.1, 0.15) is 5.01 Å². The normalized spacial score (nSPS) is 10.4. The van der Waals surface area contributed by atoms with Crippen molar-refractivity contribution in [3.05, 3.63) is 53.6 Å². The molecule has 0 aliphatic carbocycles. The molecule has 1 aromatic carbocycles. The molecule has 0 bridgehead atoms. The molecule has 0 aliphatic rings. The van der Waals surface area contributed by atoms with Crippen molar-refractivity contribution < 1.29 is 9.90 Å². The van der Waals surface area contributed by atoms with Gasteiger partial charge < -0.3 is 5.11 Å². The summed E-state index contributed by atoms with van der Waals surface area (Å²) in [6.45, 7) is 3.71. The minimum absolute atomic E-state index is 0.0224. The second kappa shape index (κ2) is 7.26. The number of hydrogen-bond donors (Lipinski definition) is 1. The van der Waals surface area contributed by atoms with Gasteiger partial charge in [-0.05, 0) is 11.6 Å². The van der Waals surface area contributed by atoms with Crippen molar-refractivity contribution in [2.45, 2.75) is 12.2 Å². The Bertz CT molecular complexity index is 607. The van der Waals surface area contributed by atoms with Crippen LogP contribution in [-0.4, -0.2) is 21.8 Å². The maximum absolute atomic E-state index is 10.7. The molecule has 0 radical (unpaired) electrons. The summed E-state index contributed by atoms with van der Waals surface area (Å²) in [5, 5.41) is 11.4. The van der Waals surface area contributed by atoms with Crippen LogP contribution in [0.4, 0.5) is 0 Å². The van der Waals surface area contributed by atoms with Gasteiger partial charge in [0, 0.05) is 22.4 Å². The zero-order chi connectivity index (χ0) is 14.4. The number of carboxylic acids is 1. The van der Waals surface area contributed by atoms with E-state index in [0.717, 1.165) is 22.1 Å². The van der Waals surface area contributed by atoms with Crippen LogP contribution < -0.4 is 0 Å². The summed E-state index contributed by atoms with van der Waals surface area (Å²) in [5.74, 6) is 1.02. The fourth-order valence-electron chi connectivity index (χ4n) is 1.73. The number of rotatable bonds is 7. The Labute approximate surface area is 126 Å². The van der Waals surface area contributed by atoms with Crippen molar-refractivity contribution in [3.8, 4) is 10.6 Å². The molecule has 0 aliphatic heterocycles. The average molecular weight is 305 g/mol. The number of carbonyl (C=O) groups is 1. The SMILES string of the molecule is C=CCSCc1cccc(-c2nc(CC(=O)O)cs2)c1. The second-order valence-electron chi connectivity index (χ2n) is 4.22. The van der Waals surface area contributed by atoms with Crippen LogP contribution in [0.5, 0.6) is 0 Å². The van der Waals surface area contributed by atoms with E-state index in [1.165, 1.54) is 16.9 Å². The molecule has 2 aromatic rings. The first-order valence-corrected chi connectivity index (χ1v) is 8.16. The molecule has 3 nitrogen and oxygen atoms in total. The van der Waals surface area contributed by atoms with E-state index in [0.29, 0.717) is 5.69 Å². The summed E-state index contributed by atoms with van der Waals surface area (Å²) in [6.07, 6.45) is 1.87. The Morgan fingerprint density at radius 3 is 3.10 bits per heavy atom. The molecular formula is C15H15NO2S2. The standard InChI is InChI=1S/C15H15NO2S2/c1-2-6-19-9-11-4-3-5-12(7-11)15-16-13(10-20-15)8-14(17)18/h2-5,7,10H,1,6,8-9H2,(H,17,18). The quantitative estimate of drug-likeness (QED) is 0.623. The first-order valence-electron chi connectivity index (χ1n) is 6.13. The summed E-state index contributed by atoms with van der Waals surface area (Å²) in [7, 11) is 0. The smallest absolute Gasteiger partial charge is 0.309 e. The molecule has 0 saturated carbocycles. The van der Waals surface area contributed by atoms with Crippen LogP contribution in [-0.2, 0) is 17.0 Å². The molecule has 0 saturated heterocycles. The van der Waals surface area contributed by atoms with Crippen molar-refractivity contribution in [3.63, 3.8) is 0 Å². The van der Waals surface area contributed by atoms with E-state index in [2.05, 4.69) is 23.7 Å². The lowest BCUT2D eigenvalue weighted by atomic mass is 10.1. The highest BCUT2D eigenvalue weighted by Gasteiger charge is 2.08. The maximum Gasteiger partial charge on any atom is 0.309 e. The molecule has 0 fully saturated rings. The predicted octanol–water partition coefficient (Wildman–Crippen LogP) is 3.86. The average Bonchev–Trinajstić information content (AvgIpc) is 2.87. The zero-order valence-electron chi connectivity index (χ0n) is 10.9. The van der Waals surface area contributed by atoms with Gasteiger partial charge in [0.2, 0.25) is 0 Å². The Morgan fingerprint density at radius 2 is 2.35 bits per heavy atom. The lowest BCUT2D eigenvalue weighted by Crippen LogP contribution is -1.99. The second-order valence-corrected chi connectivity index (χ2v) is 6.11. The largest absolute Gasteiger partial charge is 0.481 e. The predicted molar refractivity (Wildman–Crippen MR) is 85.2 cm³/mol. The molecule has 0 spiro atoms. The molecule has 5 heteroatoms. The number of aliphatic carboxylic acids is 1. The van der Waals surface area contributed by atoms with Crippen LogP contribution in [0.25, 0.3) is 10.6 Å². The fourth-order valence-corrected chi connectivity index (χ4v) is 3.25. The van der Waals surface area contributed by atoms with Gasteiger partial charge in [-0.1, -0.05) is 24.3 Å². The first-order chi connectivity index (χ1) is 9.69. The van der Waals surface area contributed by atoms with Gasteiger partial charge in [-0.2, -0.15) is 11.8 Å². The molecular weight excluding hydrogens is 290 g/mol. The third-order valence-corrected chi connectivity index (χ3v) is 4.51. The maximum atomic E-state index is 10.7. The molecule has 20 heavy (non-hydrogen) atoms. The van der Waals surface area contributed by atoms with Crippen LogP contribution in [0.1, 0.15) is 11.3 Å². The third kappa shape index (κ3) is 4.21. The van der Waals surface area contributed by atoms with E-state index in [1.54, 1.807) is 0 Å². The zero-order valence-corrected chi connectivity index (χ0v) is 12.5. The summed E-state index contributed by atoms with van der Waals surface area (Å²) in [5.41, 5.74) is 2.90. The molecule has 1 N–H and O–H groups in total. The van der Waals surface area contributed by atoms with Gasteiger partial charge in [-0.25, -0.2) is 4.98 Å². The Kier molecular flexibility index (Phi) is 5.38. The Morgan fingerprint density at radius 1 is 1.50 bits per heavy atom. The minimum atomic E-state index is -0.851. The summed E-state index contributed by atoms with van der Waals surface area (Å²) >= 11 is 3.30. The van der Waals surface area contributed by atoms with Gasteiger partial charge >= 0.3 is 5.97 Å². The van der Waals surface area contributed by atoms with Crippen LogP contribution in [0.3, 0.4) is 0 Å². The molecule has 1 aromatic heterocycles. The van der Waals surface area contributed by atoms with E-state index < -0.39 is 5.97 Å². The minimum Gasteiger partial charge on any atom is -0.481 e. The summed E-state index contributed by atoms with van der Waals surface area (Å²) < 4.78 is 0. The van der Waals surface area contributed by atoms with E-state index >= 15 is 0 Å². The Balaban J connectivity index is 2.11. The number of benzene rings is 1. The molecule has 1 heterocycles. The topological polar surface area (TPSA) is 50.2 Å². The van der Waals surface area contributed by atoms with E-state index in [9.17, 15) is 4.79 Å². The summed E-state index contributed by atoms with van der Waals surface area (Å²) in [6, 6.07) is 8.22. The van der Waals surface area contributed by atoms with Gasteiger partial charge in [-0.15, -0.1) is 17.9 Å². The van der Waals surface area contributed by atoms with Crippen molar-refractivity contribution >= 4 is 29.1 Å². The van der Waals surface area contributed by atoms with Crippen molar-refractivity contribution in [1.29, 1.82) is 0 Å². The number of thioether (sulfide) groups is 1. The van der Waals surface area contributed by atoms with Crippen LogP contribution >= 0.6 is 23.1 Å². The molecule has 104 valence electrons. The number of thiazole rings is 1. The molecule has 0 unspecified atom stereocenters. The third-order valence-electron chi connectivity index (χ3n) is 2.56. The van der Waals surface area contributed by atoms with Gasteiger partial charge in [0.05, 0.1) is 12.1 Å². The number of aromatic nitrogens is 1. The highest BCUT2D eigenvalue weighted by atomic mass is 32.2. The highest BCUT2D eigenvalue weighted by molar-refractivity contribution is 7.98. The lowest BCUT2D eigenvalue weighted by molar-refractivity contribution is -0.136. The van der Waals surface area contributed by atoms with Crippen molar-refractivity contribution in [2.75, 3.05) is 5.75 Å². The summed E-state index contributed by atoms with van der Waals surface area (Å²) in [4.78, 5) is 15.0. The number of nitrogens with zero attached hydrogens (tertiary/aromatic N) is 1. The fraction of sp³-hybridized carbons (Fsp3) is 0.200.